The fraction of sp³-hybridized carbons (Fsp3) is 0.300. The molecule has 0 saturated heterocycles. The molecule has 3 aromatic rings. The van der Waals surface area contributed by atoms with Crippen molar-refractivity contribution in [2.75, 3.05) is 12.4 Å². The molecule has 29 heavy (non-hydrogen) atoms. The van der Waals surface area contributed by atoms with Crippen molar-refractivity contribution in [2.24, 2.45) is 5.73 Å². The van der Waals surface area contributed by atoms with Gasteiger partial charge in [-0.15, -0.1) is 11.3 Å². The lowest BCUT2D eigenvalue weighted by Crippen LogP contribution is -2.27. The Labute approximate surface area is 177 Å². The molecule has 4 rings (SSSR count). The van der Waals surface area contributed by atoms with Crippen LogP contribution in [0.15, 0.2) is 24.5 Å². The minimum absolute atomic E-state index is 0.156. The average molecular weight is 430 g/mol. The van der Waals surface area contributed by atoms with Gasteiger partial charge >= 0.3 is 0 Å². The zero-order chi connectivity index (χ0) is 20.5. The summed E-state index contributed by atoms with van der Waals surface area (Å²) in [5.41, 5.74) is 9.58. The summed E-state index contributed by atoms with van der Waals surface area (Å²) in [6.45, 7) is 1.86. The van der Waals surface area contributed by atoms with Crippen LogP contribution in [0.5, 0.6) is 5.75 Å². The third-order valence-electron chi connectivity index (χ3n) is 4.83. The van der Waals surface area contributed by atoms with E-state index < -0.39 is 0 Å². The van der Waals surface area contributed by atoms with Crippen molar-refractivity contribution in [3.8, 4) is 16.9 Å². The predicted molar refractivity (Wildman–Crippen MR) is 114 cm³/mol. The minimum Gasteiger partial charge on any atom is -0.494 e. The van der Waals surface area contributed by atoms with Crippen molar-refractivity contribution in [2.45, 2.75) is 32.2 Å². The van der Waals surface area contributed by atoms with Gasteiger partial charge in [-0.2, -0.15) is 0 Å². The highest BCUT2D eigenvalue weighted by molar-refractivity contribution is 7.15. The van der Waals surface area contributed by atoms with Crippen molar-refractivity contribution in [1.29, 1.82) is 0 Å². The van der Waals surface area contributed by atoms with E-state index in [0.717, 1.165) is 35.5 Å². The van der Waals surface area contributed by atoms with Gasteiger partial charge in [0, 0.05) is 33.9 Å². The Balaban J connectivity index is 1.69. The molecule has 0 bridgehead atoms. The van der Waals surface area contributed by atoms with E-state index in [1.807, 2.05) is 13.0 Å². The Morgan fingerprint density at radius 1 is 1.31 bits per heavy atom. The maximum Gasteiger partial charge on any atom is 0.259 e. The molecular weight excluding hydrogens is 410 g/mol. The van der Waals surface area contributed by atoms with Gasteiger partial charge in [0.2, 0.25) is 0 Å². The van der Waals surface area contributed by atoms with Crippen molar-refractivity contribution >= 4 is 34.0 Å². The predicted octanol–water partition coefficient (Wildman–Crippen LogP) is 3.64. The van der Waals surface area contributed by atoms with Crippen molar-refractivity contribution in [3.63, 3.8) is 0 Å². The first kappa shape index (κ1) is 19.8. The molecule has 1 amide bonds. The maximum atomic E-state index is 13.1. The first-order chi connectivity index (χ1) is 13.9. The lowest BCUT2D eigenvalue weighted by molar-refractivity contribution is 0.102. The van der Waals surface area contributed by atoms with Gasteiger partial charge in [0.1, 0.15) is 10.9 Å². The molecule has 0 aliphatic heterocycles. The van der Waals surface area contributed by atoms with Gasteiger partial charge < -0.3 is 10.5 Å². The maximum absolute atomic E-state index is 13.1. The number of aromatic nitrogens is 3. The van der Waals surface area contributed by atoms with Gasteiger partial charge in [-0.05, 0) is 38.3 Å². The van der Waals surface area contributed by atoms with Gasteiger partial charge in [0.15, 0.2) is 5.13 Å². The van der Waals surface area contributed by atoms with E-state index >= 15 is 0 Å². The molecule has 0 unspecified atom stereocenters. The number of carbonyl (C=O) groups is 1. The van der Waals surface area contributed by atoms with E-state index in [1.165, 1.54) is 17.5 Å². The molecule has 3 N–H and O–H groups in total. The number of rotatable bonds is 4. The quantitative estimate of drug-likeness (QED) is 0.614. The van der Waals surface area contributed by atoms with Crippen LogP contribution < -0.4 is 15.8 Å². The Kier molecular flexibility index (Phi) is 5.49. The van der Waals surface area contributed by atoms with Crippen molar-refractivity contribution < 1.29 is 9.53 Å². The fourth-order valence-electron chi connectivity index (χ4n) is 3.37. The topological polar surface area (TPSA) is 103 Å². The molecule has 1 aliphatic rings. The van der Waals surface area contributed by atoms with E-state index in [2.05, 4.69) is 20.3 Å². The van der Waals surface area contributed by atoms with Gasteiger partial charge in [0.25, 0.3) is 5.91 Å². The summed E-state index contributed by atoms with van der Waals surface area (Å²) < 4.78 is 5.42. The summed E-state index contributed by atoms with van der Waals surface area (Å²) in [6.07, 6.45) is 5.64. The number of nitrogens with two attached hydrogens (primary N) is 1. The molecule has 7 nitrogen and oxygen atoms in total. The van der Waals surface area contributed by atoms with E-state index in [4.69, 9.17) is 22.1 Å². The largest absolute Gasteiger partial charge is 0.494 e. The lowest BCUT2D eigenvalue weighted by Gasteiger charge is -2.15. The number of hydrogen-bond acceptors (Lipinski definition) is 7. The number of carbonyl (C=O) groups excluding carboxylic acids is 1. The summed E-state index contributed by atoms with van der Waals surface area (Å²) in [5.74, 6) is 0.227. The Morgan fingerprint density at radius 2 is 2.14 bits per heavy atom. The second kappa shape index (κ2) is 8.06. The summed E-state index contributed by atoms with van der Waals surface area (Å²) in [6, 6.07) is 3.66. The van der Waals surface area contributed by atoms with E-state index in [1.54, 1.807) is 19.4 Å². The normalized spacial score (nSPS) is 15.7. The summed E-state index contributed by atoms with van der Waals surface area (Å²) in [7, 11) is 1.55. The zero-order valence-corrected chi connectivity index (χ0v) is 17.6. The standard InChI is InChI=1S/C20H20ClN5O2S/c1-10-5-12(13-7-18(21)24-9-16(13)28-2)14(8-23-10)19(27)26-20-25-15-4-3-11(22)6-17(15)29-20/h5,7-9,11H,3-4,6,22H2,1-2H3,(H,25,26,27)/t11-/m0/s1. The first-order valence-electron chi connectivity index (χ1n) is 9.16. The number of hydrogen-bond donors (Lipinski definition) is 2. The Bertz CT molecular complexity index is 1080. The van der Waals surface area contributed by atoms with Gasteiger partial charge in [0.05, 0.1) is 24.6 Å². The van der Waals surface area contributed by atoms with Crippen LogP contribution in [-0.4, -0.2) is 34.0 Å². The second-order valence-corrected chi connectivity index (χ2v) is 8.40. The number of aryl methyl sites for hydroxylation is 2. The first-order valence-corrected chi connectivity index (χ1v) is 10.4. The number of nitrogens with one attached hydrogen (secondary N) is 1. The highest BCUT2D eigenvalue weighted by Crippen LogP contribution is 2.35. The summed E-state index contributed by atoms with van der Waals surface area (Å²) in [4.78, 5) is 27.1. The molecule has 0 radical (unpaired) electrons. The zero-order valence-electron chi connectivity index (χ0n) is 16.0. The van der Waals surface area contributed by atoms with Crippen LogP contribution >= 0.6 is 22.9 Å². The number of amides is 1. The van der Waals surface area contributed by atoms with E-state index in [0.29, 0.717) is 32.7 Å². The number of halogens is 1. The molecular formula is C20H20ClN5O2S. The van der Waals surface area contributed by atoms with Crippen LogP contribution in [0.3, 0.4) is 0 Å². The highest BCUT2D eigenvalue weighted by Gasteiger charge is 2.23. The molecule has 1 aliphatic carbocycles. The molecule has 3 aromatic heterocycles. The van der Waals surface area contributed by atoms with Crippen molar-refractivity contribution in [1.82, 2.24) is 15.0 Å². The molecule has 0 spiro atoms. The van der Waals surface area contributed by atoms with Crippen LogP contribution in [0, 0.1) is 6.92 Å². The molecule has 1 atom stereocenters. The van der Waals surface area contributed by atoms with Crippen LogP contribution in [-0.2, 0) is 12.8 Å². The van der Waals surface area contributed by atoms with Crippen LogP contribution in [0.4, 0.5) is 5.13 Å². The van der Waals surface area contributed by atoms with Gasteiger partial charge in [-0.3, -0.25) is 15.1 Å². The molecule has 0 fully saturated rings. The SMILES string of the molecule is COc1cnc(Cl)cc1-c1cc(C)ncc1C(=O)Nc1nc2c(s1)C[C@@H](N)CC2. The highest BCUT2D eigenvalue weighted by atomic mass is 35.5. The lowest BCUT2D eigenvalue weighted by atomic mass is 9.99. The average Bonchev–Trinajstić information content (AvgIpc) is 3.09. The molecule has 3 heterocycles. The minimum atomic E-state index is -0.294. The van der Waals surface area contributed by atoms with Crippen LogP contribution in [0.25, 0.3) is 11.1 Å². The van der Waals surface area contributed by atoms with Crippen LogP contribution in [0.1, 0.15) is 33.0 Å². The number of nitrogens with zero attached hydrogens (tertiary/aromatic N) is 3. The Hall–Kier alpha value is -2.55. The van der Waals surface area contributed by atoms with E-state index in [-0.39, 0.29) is 11.9 Å². The summed E-state index contributed by atoms with van der Waals surface area (Å²) in [5, 5.41) is 3.79. The fourth-order valence-corrected chi connectivity index (χ4v) is 4.63. The van der Waals surface area contributed by atoms with Gasteiger partial charge in [-0.25, -0.2) is 9.97 Å². The van der Waals surface area contributed by atoms with Gasteiger partial charge in [-0.1, -0.05) is 11.6 Å². The number of anilines is 1. The number of fused-ring (bicyclic) bond motifs is 1. The monoisotopic (exact) mass is 429 g/mol. The molecule has 0 saturated carbocycles. The smallest absolute Gasteiger partial charge is 0.259 e. The molecule has 9 heteroatoms. The summed E-state index contributed by atoms with van der Waals surface area (Å²) >= 11 is 7.57. The third-order valence-corrected chi connectivity index (χ3v) is 6.07. The van der Waals surface area contributed by atoms with Crippen molar-refractivity contribution in [3.05, 3.63) is 51.5 Å². The second-order valence-electron chi connectivity index (χ2n) is 6.92. The Morgan fingerprint density at radius 3 is 2.93 bits per heavy atom. The number of thiazole rings is 1. The third kappa shape index (κ3) is 4.10. The van der Waals surface area contributed by atoms with E-state index in [9.17, 15) is 4.79 Å². The number of methoxy groups -OCH3 is 1. The number of pyridine rings is 2. The van der Waals surface area contributed by atoms with Crippen LogP contribution in [0.2, 0.25) is 5.15 Å². The molecule has 150 valence electrons. The number of ether oxygens (including phenoxy) is 1. The molecule has 0 aromatic carbocycles.